The van der Waals surface area contributed by atoms with Crippen LogP contribution in [0.15, 0.2) is 60.7 Å². The average Bonchev–Trinajstić information content (AvgIpc) is 2.67. The van der Waals surface area contributed by atoms with E-state index in [0.29, 0.717) is 6.42 Å². The number of benzene rings is 2. The van der Waals surface area contributed by atoms with Crippen molar-refractivity contribution in [2.45, 2.75) is 38.3 Å². The third-order valence-electron chi connectivity index (χ3n) is 4.16. The fraction of sp³-hybridized carbons (Fsp3) is 0.333. The van der Waals surface area contributed by atoms with E-state index in [-0.39, 0.29) is 12.1 Å². The maximum absolute atomic E-state index is 12.3. The number of carbonyl (C=O) groups excluding carboxylic acids is 2. The van der Waals surface area contributed by atoms with Crippen molar-refractivity contribution in [2.75, 3.05) is 7.11 Å². The van der Waals surface area contributed by atoms with E-state index in [1.165, 1.54) is 12.7 Å². The van der Waals surface area contributed by atoms with Crippen LogP contribution in [0.1, 0.15) is 24.5 Å². The Labute approximate surface area is 154 Å². The molecule has 0 saturated heterocycles. The van der Waals surface area contributed by atoms with Crippen LogP contribution in [0, 0.1) is 0 Å². The van der Waals surface area contributed by atoms with Crippen LogP contribution in [-0.4, -0.2) is 31.2 Å². The van der Waals surface area contributed by atoms with Crippen molar-refractivity contribution in [2.24, 2.45) is 0 Å². The number of amides is 2. The van der Waals surface area contributed by atoms with Crippen LogP contribution in [0.5, 0.6) is 0 Å². The summed E-state index contributed by atoms with van der Waals surface area (Å²) in [6, 6.07) is 18.6. The first-order valence-electron chi connectivity index (χ1n) is 8.81. The number of nitrogens with one attached hydrogen (secondary N) is 2. The number of rotatable bonds is 8. The fourth-order valence-corrected chi connectivity index (χ4v) is 2.71. The number of esters is 1. The molecule has 0 heterocycles. The van der Waals surface area contributed by atoms with E-state index in [9.17, 15) is 9.59 Å². The monoisotopic (exact) mass is 354 g/mol. The Morgan fingerprint density at radius 3 is 2.08 bits per heavy atom. The molecule has 2 atom stereocenters. The van der Waals surface area contributed by atoms with Gasteiger partial charge in [-0.15, -0.1) is 0 Å². The third-order valence-corrected chi connectivity index (χ3v) is 4.16. The first kappa shape index (κ1) is 19.5. The highest BCUT2D eigenvalue weighted by atomic mass is 16.5. The van der Waals surface area contributed by atoms with Gasteiger partial charge in [-0.3, -0.25) is 0 Å². The van der Waals surface area contributed by atoms with Gasteiger partial charge in [0, 0.05) is 12.5 Å². The lowest BCUT2D eigenvalue weighted by molar-refractivity contribution is -0.142. The van der Waals surface area contributed by atoms with Crippen molar-refractivity contribution in [1.29, 1.82) is 0 Å². The molecule has 0 bridgehead atoms. The molecule has 5 heteroatoms. The van der Waals surface area contributed by atoms with Gasteiger partial charge >= 0.3 is 12.0 Å². The molecule has 0 unspecified atom stereocenters. The van der Waals surface area contributed by atoms with Gasteiger partial charge in [0.05, 0.1) is 7.11 Å². The smallest absolute Gasteiger partial charge is 0.328 e. The van der Waals surface area contributed by atoms with Gasteiger partial charge in [-0.2, -0.15) is 0 Å². The molecule has 2 rings (SSSR count). The highest BCUT2D eigenvalue weighted by molar-refractivity contribution is 5.83. The minimum atomic E-state index is -0.719. The standard InChI is InChI=1S/C21H26N2O3/c1-16(13-14-17-9-5-3-6-10-17)22-21(25)23-19(20(24)26-2)15-18-11-7-4-8-12-18/h3-12,16,19H,13-15H2,1-2H3,(H2,22,23,25)/t16-,19+/m1/s1. The van der Waals surface area contributed by atoms with Gasteiger partial charge < -0.3 is 15.4 Å². The minimum absolute atomic E-state index is 0.00905. The average molecular weight is 354 g/mol. The zero-order chi connectivity index (χ0) is 18.8. The first-order valence-corrected chi connectivity index (χ1v) is 8.81. The summed E-state index contributed by atoms with van der Waals surface area (Å²) in [6.07, 6.45) is 2.09. The lowest BCUT2D eigenvalue weighted by atomic mass is 10.1. The molecule has 0 aliphatic rings. The molecule has 0 saturated carbocycles. The van der Waals surface area contributed by atoms with E-state index in [0.717, 1.165) is 18.4 Å². The van der Waals surface area contributed by atoms with Gasteiger partial charge in [0.25, 0.3) is 0 Å². The lowest BCUT2D eigenvalue weighted by Crippen LogP contribution is -2.49. The molecular formula is C21H26N2O3. The summed E-state index contributed by atoms with van der Waals surface area (Å²) in [6.45, 7) is 1.95. The predicted octanol–water partition coefficient (Wildman–Crippen LogP) is 3.09. The zero-order valence-electron chi connectivity index (χ0n) is 15.3. The van der Waals surface area contributed by atoms with Crippen molar-refractivity contribution >= 4 is 12.0 Å². The Bertz CT molecular complexity index is 689. The largest absolute Gasteiger partial charge is 0.467 e. The SMILES string of the molecule is COC(=O)[C@H](Cc1ccccc1)NC(=O)N[C@H](C)CCc1ccccc1. The maximum atomic E-state index is 12.3. The Kier molecular flexibility index (Phi) is 7.68. The molecule has 2 amide bonds. The molecule has 0 aromatic heterocycles. The van der Waals surface area contributed by atoms with Gasteiger partial charge in [-0.05, 0) is 30.9 Å². The van der Waals surface area contributed by atoms with Crippen LogP contribution in [0.25, 0.3) is 0 Å². The number of hydrogen-bond acceptors (Lipinski definition) is 3. The first-order chi connectivity index (χ1) is 12.6. The number of ether oxygens (including phenoxy) is 1. The molecule has 0 radical (unpaired) electrons. The second-order valence-corrected chi connectivity index (χ2v) is 6.31. The Morgan fingerprint density at radius 1 is 0.923 bits per heavy atom. The normalized spacial score (nSPS) is 12.7. The van der Waals surface area contributed by atoms with Gasteiger partial charge in [0.15, 0.2) is 0 Å². The van der Waals surface area contributed by atoms with Crippen molar-refractivity contribution < 1.29 is 14.3 Å². The Hall–Kier alpha value is -2.82. The van der Waals surface area contributed by atoms with Gasteiger partial charge in [-0.1, -0.05) is 60.7 Å². The van der Waals surface area contributed by atoms with E-state index in [2.05, 4.69) is 22.8 Å². The van der Waals surface area contributed by atoms with Crippen LogP contribution >= 0.6 is 0 Å². The van der Waals surface area contributed by atoms with Crippen LogP contribution in [0.2, 0.25) is 0 Å². The second-order valence-electron chi connectivity index (χ2n) is 6.31. The van der Waals surface area contributed by atoms with E-state index in [1.54, 1.807) is 0 Å². The molecule has 0 fully saturated rings. The lowest BCUT2D eigenvalue weighted by Gasteiger charge is -2.19. The van der Waals surface area contributed by atoms with Crippen molar-refractivity contribution in [3.8, 4) is 0 Å². The van der Waals surface area contributed by atoms with E-state index < -0.39 is 12.0 Å². The van der Waals surface area contributed by atoms with Crippen LogP contribution < -0.4 is 10.6 Å². The van der Waals surface area contributed by atoms with Gasteiger partial charge in [0.1, 0.15) is 6.04 Å². The van der Waals surface area contributed by atoms with Crippen LogP contribution in [0.3, 0.4) is 0 Å². The Balaban J connectivity index is 1.84. The minimum Gasteiger partial charge on any atom is -0.467 e. The summed E-state index contributed by atoms with van der Waals surface area (Å²) in [4.78, 5) is 24.2. The number of hydrogen-bond donors (Lipinski definition) is 2. The third kappa shape index (κ3) is 6.59. The van der Waals surface area contributed by atoms with Gasteiger partial charge in [-0.25, -0.2) is 9.59 Å². The molecular weight excluding hydrogens is 328 g/mol. The predicted molar refractivity (Wildman–Crippen MR) is 102 cm³/mol. The fourth-order valence-electron chi connectivity index (χ4n) is 2.71. The topological polar surface area (TPSA) is 67.4 Å². The van der Waals surface area contributed by atoms with Crippen LogP contribution in [-0.2, 0) is 22.4 Å². The van der Waals surface area contributed by atoms with E-state index in [1.807, 2.05) is 55.5 Å². The summed E-state index contributed by atoms with van der Waals surface area (Å²) in [7, 11) is 1.32. The van der Waals surface area contributed by atoms with E-state index in [4.69, 9.17) is 4.74 Å². The number of methoxy groups -OCH3 is 1. The molecule has 2 N–H and O–H groups in total. The highest BCUT2D eigenvalue weighted by Gasteiger charge is 2.22. The highest BCUT2D eigenvalue weighted by Crippen LogP contribution is 2.06. The van der Waals surface area contributed by atoms with Crippen molar-refractivity contribution in [1.82, 2.24) is 10.6 Å². The molecule has 138 valence electrons. The summed E-state index contributed by atoms with van der Waals surface area (Å²) < 4.78 is 4.81. The number of urea groups is 1. The molecule has 0 aliphatic heterocycles. The van der Waals surface area contributed by atoms with Crippen LogP contribution in [0.4, 0.5) is 4.79 Å². The zero-order valence-corrected chi connectivity index (χ0v) is 15.3. The quantitative estimate of drug-likeness (QED) is 0.716. The molecule has 0 aliphatic carbocycles. The second kappa shape index (κ2) is 10.2. The van der Waals surface area contributed by atoms with Gasteiger partial charge in [0.2, 0.25) is 0 Å². The molecule has 5 nitrogen and oxygen atoms in total. The number of carbonyl (C=O) groups is 2. The maximum Gasteiger partial charge on any atom is 0.328 e. The molecule has 2 aromatic carbocycles. The Morgan fingerprint density at radius 2 is 1.50 bits per heavy atom. The molecule has 2 aromatic rings. The molecule has 26 heavy (non-hydrogen) atoms. The summed E-state index contributed by atoms with van der Waals surface area (Å²) in [5.74, 6) is -0.457. The van der Waals surface area contributed by atoms with Crippen molar-refractivity contribution in [3.63, 3.8) is 0 Å². The van der Waals surface area contributed by atoms with Crippen molar-refractivity contribution in [3.05, 3.63) is 71.8 Å². The summed E-state index contributed by atoms with van der Waals surface area (Å²) in [5.41, 5.74) is 2.19. The summed E-state index contributed by atoms with van der Waals surface area (Å²) in [5, 5.41) is 5.61. The van der Waals surface area contributed by atoms with E-state index >= 15 is 0 Å². The number of aryl methyl sites for hydroxylation is 1. The molecule has 0 spiro atoms. The summed E-state index contributed by atoms with van der Waals surface area (Å²) >= 11 is 0.